The van der Waals surface area contributed by atoms with Crippen molar-refractivity contribution in [1.82, 2.24) is 5.32 Å². The van der Waals surface area contributed by atoms with E-state index in [9.17, 15) is 26.4 Å². The maximum atomic E-state index is 13.3. The lowest BCUT2D eigenvalue weighted by Crippen LogP contribution is -2.38. The topological polar surface area (TPSA) is 66.5 Å². The summed E-state index contributed by atoms with van der Waals surface area (Å²) in [6.07, 6.45) is 0.905. The molecule has 2 aromatic rings. The van der Waals surface area contributed by atoms with Crippen molar-refractivity contribution < 1.29 is 26.4 Å². The van der Waals surface area contributed by atoms with Gasteiger partial charge in [-0.15, -0.1) is 0 Å². The molecule has 0 aromatic heterocycles. The van der Waals surface area contributed by atoms with E-state index in [1.54, 1.807) is 0 Å². The van der Waals surface area contributed by atoms with Gasteiger partial charge >= 0.3 is 0 Å². The van der Waals surface area contributed by atoms with Crippen LogP contribution in [0.4, 0.5) is 18.9 Å². The van der Waals surface area contributed by atoms with Crippen LogP contribution in [0.5, 0.6) is 0 Å². The maximum Gasteiger partial charge on any atom is 0.251 e. The molecular weight excluding hydrogens is 357 g/mol. The van der Waals surface area contributed by atoms with Gasteiger partial charge in [-0.1, -0.05) is 6.07 Å². The number of nitrogens with one attached hydrogen (secondary N) is 1. The fourth-order valence-electron chi connectivity index (χ4n) is 2.13. The summed E-state index contributed by atoms with van der Waals surface area (Å²) in [5.74, 6) is -3.45. The van der Waals surface area contributed by atoms with Gasteiger partial charge in [-0.05, 0) is 30.3 Å². The predicted octanol–water partition coefficient (Wildman–Crippen LogP) is 2.30. The number of amides is 1. The Morgan fingerprint density at radius 2 is 1.80 bits per heavy atom. The van der Waals surface area contributed by atoms with Gasteiger partial charge in [0, 0.05) is 18.2 Å². The average molecular weight is 372 g/mol. The van der Waals surface area contributed by atoms with E-state index in [1.165, 1.54) is 18.2 Å². The number of carbonyl (C=O) groups is 1. The summed E-state index contributed by atoms with van der Waals surface area (Å²) in [5, 5.41) is 2.44. The van der Waals surface area contributed by atoms with Crippen molar-refractivity contribution in [1.29, 1.82) is 0 Å². The number of carbonyl (C=O) groups excluding carboxylic acids is 1. The molecular formula is C16H15F3N2O3S. The average Bonchev–Trinajstić information content (AvgIpc) is 2.53. The first-order valence-electron chi connectivity index (χ1n) is 7.15. The summed E-state index contributed by atoms with van der Waals surface area (Å²) in [6, 6.07) is 7.69. The minimum Gasteiger partial charge on any atom is -0.350 e. The van der Waals surface area contributed by atoms with Crippen LogP contribution in [-0.2, 0) is 10.0 Å². The number of anilines is 1. The highest BCUT2D eigenvalue weighted by atomic mass is 32.2. The van der Waals surface area contributed by atoms with Gasteiger partial charge in [0.25, 0.3) is 5.91 Å². The molecule has 1 amide bonds. The van der Waals surface area contributed by atoms with Crippen LogP contribution in [0.25, 0.3) is 0 Å². The largest absolute Gasteiger partial charge is 0.350 e. The van der Waals surface area contributed by atoms with Crippen LogP contribution in [0.1, 0.15) is 10.4 Å². The van der Waals surface area contributed by atoms with Gasteiger partial charge in [0.15, 0.2) is 11.6 Å². The van der Waals surface area contributed by atoms with E-state index in [-0.39, 0.29) is 24.3 Å². The first-order valence-corrected chi connectivity index (χ1v) is 9.00. The monoisotopic (exact) mass is 372 g/mol. The zero-order valence-electron chi connectivity index (χ0n) is 13.2. The molecule has 9 heteroatoms. The first kappa shape index (κ1) is 18.8. The lowest BCUT2D eigenvalue weighted by atomic mass is 10.2. The van der Waals surface area contributed by atoms with Crippen molar-refractivity contribution in [2.75, 3.05) is 23.7 Å². The van der Waals surface area contributed by atoms with E-state index in [4.69, 9.17) is 0 Å². The van der Waals surface area contributed by atoms with Crippen molar-refractivity contribution in [3.63, 3.8) is 0 Å². The molecule has 0 aliphatic heterocycles. The van der Waals surface area contributed by atoms with E-state index < -0.39 is 33.4 Å². The molecule has 0 heterocycles. The van der Waals surface area contributed by atoms with Crippen LogP contribution >= 0.6 is 0 Å². The number of halogens is 3. The molecule has 2 aromatic carbocycles. The second kappa shape index (κ2) is 7.56. The van der Waals surface area contributed by atoms with Gasteiger partial charge in [0.1, 0.15) is 5.82 Å². The summed E-state index contributed by atoms with van der Waals surface area (Å²) < 4.78 is 64.0. The first-order chi connectivity index (χ1) is 11.7. The van der Waals surface area contributed by atoms with Crippen LogP contribution in [0.2, 0.25) is 0 Å². The lowest BCUT2D eigenvalue weighted by molar-refractivity contribution is 0.0954. The van der Waals surface area contributed by atoms with Crippen molar-refractivity contribution in [3.8, 4) is 0 Å². The maximum absolute atomic E-state index is 13.3. The standard InChI is InChI=1S/C16H15F3N2O3S/c1-25(23,24)21(13-5-6-14(18)15(19)10-13)8-7-20-16(22)11-3-2-4-12(17)9-11/h2-6,9-10H,7-8H2,1H3,(H,20,22). The SMILES string of the molecule is CS(=O)(=O)N(CCNC(=O)c1cccc(F)c1)c1ccc(F)c(F)c1. The molecule has 134 valence electrons. The molecule has 0 atom stereocenters. The van der Waals surface area contributed by atoms with Gasteiger partial charge in [0.05, 0.1) is 18.5 Å². The van der Waals surface area contributed by atoms with Crippen molar-refractivity contribution in [2.24, 2.45) is 0 Å². The normalized spacial score (nSPS) is 11.2. The third-order valence-corrected chi connectivity index (χ3v) is 4.47. The Balaban J connectivity index is 2.08. The number of nitrogens with zero attached hydrogens (tertiary/aromatic N) is 1. The fraction of sp³-hybridized carbons (Fsp3) is 0.188. The third-order valence-electron chi connectivity index (χ3n) is 3.28. The van der Waals surface area contributed by atoms with Gasteiger partial charge in [-0.25, -0.2) is 21.6 Å². The molecule has 0 saturated heterocycles. The molecule has 0 unspecified atom stereocenters. The number of hydrogen-bond acceptors (Lipinski definition) is 3. The minimum absolute atomic E-state index is 0.0681. The zero-order chi connectivity index (χ0) is 18.6. The molecule has 0 bridgehead atoms. The van der Waals surface area contributed by atoms with E-state index >= 15 is 0 Å². The summed E-state index contributed by atoms with van der Waals surface area (Å²) >= 11 is 0. The van der Waals surface area contributed by atoms with Crippen LogP contribution in [-0.4, -0.2) is 33.7 Å². The molecule has 25 heavy (non-hydrogen) atoms. The molecule has 0 fully saturated rings. The van der Waals surface area contributed by atoms with Crippen LogP contribution in [0.3, 0.4) is 0 Å². The Bertz CT molecular complexity index is 888. The Kier molecular flexibility index (Phi) is 5.68. The Hall–Kier alpha value is -2.55. The van der Waals surface area contributed by atoms with Crippen molar-refractivity contribution in [3.05, 3.63) is 65.5 Å². The molecule has 0 radical (unpaired) electrons. The highest BCUT2D eigenvalue weighted by molar-refractivity contribution is 7.92. The predicted molar refractivity (Wildman–Crippen MR) is 87.3 cm³/mol. The highest BCUT2D eigenvalue weighted by Gasteiger charge is 2.19. The van der Waals surface area contributed by atoms with E-state index in [0.29, 0.717) is 0 Å². The minimum atomic E-state index is -3.78. The Labute approximate surface area is 143 Å². The lowest BCUT2D eigenvalue weighted by Gasteiger charge is -2.22. The van der Waals surface area contributed by atoms with Gasteiger partial charge in [0.2, 0.25) is 10.0 Å². The number of benzene rings is 2. The van der Waals surface area contributed by atoms with Gasteiger partial charge < -0.3 is 5.32 Å². The number of rotatable bonds is 6. The molecule has 0 aliphatic carbocycles. The van der Waals surface area contributed by atoms with E-state index in [1.807, 2.05) is 0 Å². The fourth-order valence-corrected chi connectivity index (χ4v) is 3.05. The number of hydrogen-bond donors (Lipinski definition) is 1. The molecule has 0 spiro atoms. The van der Waals surface area contributed by atoms with Crippen LogP contribution < -0.4 is 9.62 Å². The Morgan fingerprint density at radius 3 is 2.40 bits per heavy atom. The zero-order valence-corrected chi connectivity index (χ0v) is 14.0. The molecule has 0 aliphatic rings. The summed E-state index contributed by atoms with van der Waals surface area (Å²) in [5.41, 5.74) is 0.0140. The van der Waals surface area contributed by atoms with E-state index in [2.05, 4.69) is 5.32 Å². The number of sulfonamides is 1. The van der Waals surface area contributed by atoms with Crippen molar-refractivity contribution >= 4 is 21.6 Å². The van der Waals surface area contributed by atoms with Gasteiger partial charge in [-0.2, -0.15) is 0 Å². The van der Waals surface area contributed by atoms with Crippen LogP contribution in [0.15, 0.2) is 42.5 Å². The van der Waals surface area contributed by atoms with E-state index in [0.717, 1.165) is 34.8 Å². The second-order valence-corrected chi connectivity index (χ2v) is 7.11. The molecule has 0 saturated carbocycles. The quantitative estimate of drug-likeness (QED) is 0.846. The Morgan fingerprint density at radius 1 is 1.08 bits per heavy atom. The van der Waals surface area contributed by atoms with Crippen LogP contribution in [0, 0.1) is 17.5 Å². The smallest absolute Gasteiger partial charge is 0.251 e. The van der Waals surface area contributed by atoms with Gasteiger partial charge in [-0.3, -0.25) is 9.10 Å². The van der Waals surface area contributed by atoms with Crippen molar-refractivity contribution in [2.45, 2.75) is 0 Å². The summed E-state index contributed by atoms with van der Waals surface area (Å²) in [7, 11) is -3.78. The molecule has 5 nitrogen and oxygen atoms in total. The summed E-state index contributed by atoms with van der Waals surface area (Å²) in [4.78, 5) is 11.9. The second-order valence-electron chi connectivity index (χ2n) is 5.20. The molecule has 1 N–H and O–H groups in total. The summed E-state index contributed by atoms with van der Waals surface area (Å²) in [6.45, 7) is -0.313. The third kappa shape index (κ3) is 4.96. The highest BCUT2D eigenvalue weighted by Crippen LogP contribution is 2.20. The molecule has 2 rings (SSSR count).